The Morgan fingerprint density at radius 2 is 1.75 bits per heavy atom. The maximum Gasteiger partial charge on any atom is 0.224 e. The van der Waals surface area contributed by atoms with E-state index in [2.05, 4.69) is 30.5 Å². The summed E-state index contributed by atoms with van der Waals surface area (Å²) in [7, 11) is 0. The molecule has 6 rings (SSSR count). The maximum atomic E-state index is 16.1. The van der Waals surface area contributed by atoms with Crippen molar-refractivity contribution in [2.75, 3.05) is 5.32 Å². The zero-order valence-electron chi connectivity index (χ0n) is 22.0. The van der Waals surface area contributed by atoms with Gasteiger partial charge < -0.3 is 10.3 Å². The molecule has 0 saturated carbocycles. The predicted octanol–water partition coefficient (Wildman–Crippen LogP) is 6.88. The summed E-state index contributed by atoms with van der Waals surface area (Å²) in [5, 5.41) is 10.2. The van der Waals surface area contributed by atoms with Gasteiger partial charge in [0.2, 0.25) is 5.91 Å². The largest absolute Gasteiger partial charge is 0.337 e. The van der Waals surface area contributed by atoms with Crippen molar-refractivity contribution in [2.45, 2.75) is 27.2 Å². The first-order chi connectivity index (χ1) is 19.2. The molecule has 4 heterocycles. The molecule has 0 aliphatic rings. The highest BCUT2D eigenvalue weighted by Gasteiger charge is 2.22. The van der Waals surface area contributed by atoms with Crippen LogP contribution in [-0.4, -0.2) is 36.0 Å². The number of benzene rings is 2. The van der Waals surface area contributed by atoms with Gasteiger partial charge in [0, 0.05) is 23.7 Å². The van der Waals surface area contributed by atoms with E-state index in [1.54, 1.807) is 18.2 Å². The number of nitrogens with zero attached hydrogens (tertiary/aromatic N) is 4. The molecule has 0 aliphatic carbocycles. The van der Waals surface area contributed by atoms with Crippen LogP contribution < -0.4 is 5.32 Å². The van der Waals surface area contributed by atoms with Crippen LogP contribution in [0.15, 0.2) is 67.1 Å². The Balaban J connectivity index is 1.40. The lowest BCUT2D eigenvalue weighted by atomic mass is 9.92. The number of hydrogen-bond acceptors (Lipinski definition) is 5. The fraction of sp³-hybridized carbons (Fsp3) is 0.167. The highest BCUT2D eigenvalue weighted by atomic mass is 19.1. The van der Waals surface area contributed by atoms with Crippen LogP contribution in [-0.2, 0) is 4.79 Å². The maximum absolute atomic E-state index is 16.1. The molecule has 0 aliphatic heterocycles. The van der Waals surface area contributed by atoms with E-state index in [0.29, 0.717) is 40.2 Å². The molecule has 8 nitrogen and oxygen atoms in total. The number of para-hydroxylation sites is 1. The molecule has 4 aromatic heterocycles. The first-order valence-electron chi connectivity index (χ1n) is 12.7. The van der Waals surface area contributed by atoms with Gasteiger partial charge in [-0.2, -0.15) is 5.10 Å². The van der Waals surface area contributed by atoms with E-state index in [9.17, 15) is 9.18 Å². The Labute approximate surface area is 227 Å². The Hall–Kier alpha value is -4.99. The minimum atomic E-state index is -0.597. The van der Waals surface area contributed by atoms with Gasteiger partial charge in [-0.15, -0.1) is 0 Å². The average Bonchev–Trinajstić information content (AvgIpc) is 3.53. The molecule has 2 aromatic carbocycles. The molecule has 0 radical (unpaired) electrons. The highest BCUT2D eigenvalue weighted by molar-refractivity contribution is 5.98. The zero-order chi connectivity index (χ0) is 28.0. The zero-order valence-corrected chi connectivity index (χ0v) is 22.0. The number of pyridine rings is 2. The van der Waals surface area contributed by atoms with Crippen LogP contribution in [0.3, 0.4) is 0 Å². The van der Waals surface area contributed by atoms with Crippen LogP contribution in [0.4, 0.5) is 14.5 Å². The van der Waals surface area contributed by atoms with Crippen LogP contribution in [0, 0.1) is 17.0 Å². The minimum Gasteiger partial charge on any atom is -0.337 e. The average molecular weight is 538 g/mol. The van der Waals surface area contributed by atoms with Crippen molar-refractivity contribution >= 4 is 33.5 Å². The van der Waals surface area contributed by atoms with E-state index in [-0.39, 0.29) is 28.2 Å². The van der Waals surface area contributed by atoms with Crippen molar-refractivity contribution in [3.63, 3.8) is 0 Å². The van der Waals surface area contributed by atoms with Gasteiger partial charge >= 0.3 is 0 Å². The van der Waals surface area contributed by atoms with E-state index in [0.717, 1.165) is 16.6 Å². The summed E-state index contributed by atoms with van der Waals surface area (Å²) >= 11 is 0. The number of aromatic amines is 2. The number of nitrogens with one attached hydrogen (secondary N) is 3. The van der Waals surface area contributed by atoms with Crippen molar-refractivity contribution in [1.82, 2.24) is 30.1 Å². The van der Waals surface area contributed by atoms with Crippen molar-refractivity contribution in [3.05, 3.63) is 78.8 Å². The van der Waals surface area contributed by atoms with Crippen LogP contribution in [0.2, 0.25) is 0 Å². The molecule has 0 atom stereocenters. The molecule has 6 aromatic rings. The van der Waals surface area contributed by atoms with Gasteiger partial charge in [-0.05, 0) is 35.2 Å². The van der Waals surface area contributed by atoms with Crippen molar-refractivity contribution in [1.29, 1.82) is 0 Å². The normalized spacial score (nSPS) is 11.8. The second-order valence-electron chi connectivity index (χ2n) is 10.8. The minimum absolute atomic E-state index is 0.0673. The molecule has 0 fully saturated rings. The molecule has 3 N–H and O–H groups in total. The summed E-state index contributed by atoms with van der Waals surface area (Å²) in [6.07, 6.45) is 4.83. The van der Waals surface area contributed by atoms with Gasteiger partial charge in [0.05, 0.1) is 40.0 Å². The highest BCUT2D eigenvalue weighted by Crippen LogP contribution is 2.35. The first kappa shape index (κ1) is 25.3. The third-order valence-electron chi connectivity index (χ3n) is 6.42. The molecule has 40 heavy (non-hydrogen) atoms. The number of H-pyrrole nitrogens is 2. The quantitative estimate of drug-likeness (QED) is 0.222. The summed E-state index contributed by atoms with van der Waals surface area (Å²) < 4.78 is 29.6. The fourth-order valence-corrected chi connectivity index (χ4v) is 4.68. The summed E-state index contributed by atoms with van der Waals surface area (Å²) in [6, 6.07) is 13.4. The Bertz CT molecular complexity index is 1880. The Morgan fingerprint density at radius 3 is 2.52 bits per heavy atom. The second kappa shape index (κ2) is 9.64. The number of anilines is 1. The SMILES string of the molecule is CC(C)(C)CC(=O)Nc1cncc(-c2ncc3[nH]nc(-c4nc5c(-c6ccc(F)cc6)cccc5[nH]4)c3c2F)c1. The number of halogens is 2. The fourth-order valence-electron chi connectivity index (χ4n) is 4.68. The lowest BCUT2D eigenvalue weighted by Gasteiger charge is -2.17. The van der Waals surface area contributed by atoms with Crippen LogP contribution in [0.5, 0.6) is 0 Å². The van der Waals surface area contributed by atoms with Crippen LogP contribution >= 0.6 is 0 Å². The Kier molecular flexibility index (Phi) is 6.10. The van der Waals surface area contributed by atoms with Gasteiger partial charge in [-0.1, -0.05) is 45.0 Å². The number of imidazole rings is 1. The van der Waals surface area contributed by atoms with E-state index in [4.69, 9.17) is 4.98 Å². The molecular weight excluding hydrogens is 512 g/mol. The molecule has 0 spiro atoms. The van der Waals surface area contributed by atoms with E-state index in [1.807, 2.05) is 39.0 Å². The lowest BCUT2D eigenvalue weighted by molar-refractivity contribution is -0.117. The topological polar surface area (TPSA) is 112 Å². The monoisotopic (exact) mass is 537 g/mol. The third-order valence-corrected chi connectivity index (χ3v) is 6.42. The second-order valence-corrected chi connectivity index (χ2v) is 10.8. The molecule has 0 bridgehead atoms. The standard InChI is InChI=1S/C30H25F2N7O/c1-30(2,3)12-23(40)35-19-11-17(13-33-14-19)26-25(32)24-22(15-34-26)38-39-28(24)29-36-21-6-4-5-20(27(21)37-29)16-7-9-18(31)10-8-16/h4-11,13-15H,12H2,1-3H3,(H,35,40)(H,36,37)(H,38,39). The van der Waals surface area contributed by atoms with E-state index < -0.39 is 5.82 Å². The van der Waals surface area contributed by atoms with Gasteiger partial charge in [0.25, 0.3) is 0 Å². The molecule has 0 unspecified atom stereocenters. The van der Waals surface area contributed by atoms with Gasteiger partial charge in [-0.3, -0.25) is 19.9 Å². The third kappa shape index (κ3) is 4.79. The van der Waals surface area contributed by atoms with Crippen molar-refractivity contribution in [3.8, 4) is 33.9 Å². The summed E-state index contributed by atoms with van der Waals surface area (Å²) in [5.41, 5.74) is 4.42. The van der Waals surface area contributed by atoms with Gasteiger partial charge in [0.1, 0.15) is 17.2 Å². The number of fused-ring (bicyclic) bond motifs is 2. The van der Waals surface area contributed by atoms with Crippen molar-refractivity contribution < 1.29 is 13.6 Å². The van der Waals surface area contributed by atoms with Crippen molar-refractivity contribution in [2.24, 2.45) is 5.41 Å². The van der Waals surface area contributed by atoms with Gasteiger partial charge in [0.15, 0.2) is 11.6 Å². The van der Waals surface area contributed by atoms with Crippen LogP contribution in [0.25, 0.3) is 55.8 Å². The molecule has 200 valence electrons. The number of aromatic nitrogens is 6. The smallest absolute Gasteiger partial charge is 0.224 e. The lowest BCUT2D eigenvalue weighted by Crippen LogP contribution is -2.19. The molecule has 10 heteroatoms. The van der Waals surface area contributed by atoms with E-state index >= 15 is 4.39 Å². The first-order valence-corrected chi connectivity index (χ1v) is 12.7. The number of carbonyl (C=O) groups excluding carboxylic acids is 1. The molecule has 0 saturated heterocycles. The number of rotatable bonds is 5. The predicted molar refractivity (Wildman–Crippen MR) is 150 cm³/mol. The van der Waals surface area contributed by atoms with E-state index in [1.165, 1.54) is 30.7 Å². The van der Waals surface area contributed by atoms with Crippen LogP contribution in [0.1, 0.15) is 27.2 Å². The summed E-state index contributed by atoms with van der Waals surface area (Å²) in [5.74, 6) is -0.708. The Morgan fingerprint density at radius 1 is 0.950 bits per heavy atom. The summed E-state index contributed by atoms with van der Waals surface area (Å²) in [4.78, 5) is 28.9. The number of hydrogen-bond donors (Lipinski definition) is 3. The summed E-state index contributed by atoms with van der Waals surface area (Å²) in [6.45, 7) is 5.93. The number of carbonyl (C=O) groups is 1. The molecular formula is C30H25F2N7O. The number of amides is 1. The molecule has 1 amide bonds. The van der Waals surface area contributed by atoms with Gasteiger partial charge in [-0.25, -0.2) is 13.8 Å².